The van der Waals surface area contributed by atoms with E-state index in [2.05, 4.69) is 50.9 Å². The molecule has 106 valence electrons. The van der Waals surface area contributed by atoms with Crippen LogP contribution in [0.15, 0.2) is 30.5 Å². The van der Waals surface area contributed by atoms with Gasteiger partial charge >= 0.3 is 0 Å². The van der Waals surface area contributed by atoms with Gasteiger partial charge in [-0.2, -0.15) is 10.1 Å². The molecule has 0 bridgehead atoms. The summed E-state index contributed by atoms with van der Waals surface area (Å²) in [5, 5.41) is 14.1. The Hall–Kier alpha value is -2.21. The Labute approximate surface area is 118 Å². The lowest BCUT2D eigenvalue weighted by atomic mass is 10.1. The van der Waals surface area contributed by atoms with E-state index in [0.29, 0.717) is 31.5 Å². The molecule has 1 aromatic carbocycles. The summed E-state index contributed by atoms with van der Waals surface area (Å²) >= 11 is 0. The first kappa shape index (κ1) is 14.2. The van der Waals surface area contributed by atoms with Gasteiger partial charge in [0.05, 0.1) is 12.8 Å². The molecule has 0 spiro atoms. The Bertz CT molecular complexity index is 547. The molecule has 6 heteroatoms. The molecular weight excluding hydrogens is 254 g/mol. The molecule has 0 aliphatic carbocycles. The van der Waals surface area contributed by atoms with Crippen LogP contribution in [-0.2, 0) is 11.3 Å². The lowest BCUT2D eigenvalue weighted by molar-refractivity contribution is 0.210. The molecule has 0 aliphatic rings. The van der Waals surface area contributed by atoms with E-state index >= 15 is 0 Å². The summed E-state index contributed by atoms with van der Waals surface area (Å²) in [5.41, 5.74) is 2.45. The van der Waals surface area contributed by atoms with Gasteiger partial charge in [-0.15, -0.1) is 5.10 Å². The van der Waals surface area contributed by atoms with Crippen molar-refractivity contribution in [3.8, 4) is 0 Å². The molecule has 1 heterocycles. The zero-order chi connectivity index (χ0) is 14.2. The van der Waals surface area contributed by atoms with Crippen molar-refractivity contribution in [3.05, 3.63) is 41.6 Å². The number of rotatable bonds is 7. The number of benzene rings is 1. The monoisotopic (exact) mass is 273 g/mol. The molecular formula is C14H19N5O. The van der Waals surface area contributed by atoms with Crippen molar-refractivity contribution in [3.63, 3.8) is 0 Å². The summed E-state index contributed by atoms with van der Waals surface area (Å²) in [6, 6.07) is 8.33. The van der Waals surface area contributed by atoms with Crippen LogP contribution in [-0.4, -0.2) is 35.4 Å². The van der Waals surface area contributed by atoms with E-state index in [9.17, 15) is 0 Å². The number of methoxy groups -OCH3 is 1. The predicted octanol–water partition coefficient (Wildman–Crippen LogP) is 1.85. The van der Waals surface area contributed by atoms with E-state index in [-0.39, 0.29) is 0 Å². The van der Waals surface area contributed by atoms with Gasteiger partial charge in [-0.3, -0.25) is 0 Å². The first-order valence-electron chi connectivity index (χ1n) is 6.50. The molecule has 2 N–H and O–H groups in total. The van der Waals surface area contributed by atoms with Crippen molar-refractivity contribution in [1.29, 1.82) is 0 Å². The van der Waals surface area contributed by atoms with Crippen molar-refractivity contribution >= 4 is 11.8 Å². The van der Waals surface area contributed by atoms with Crippen molar-refractivity contribution in [1.82, 2.24) is 15.2 Å². The lowest BCUT2D eigenvalue weighted by Crippen LogP contribution is -2.12. The molecule has 1 aromatic heterocycles. The molecule has 0 saturated heterocycles. The van der Waals surface area contributed by atoms with E-state index < -0.39 is 0 Å². The van der Waals surface area contributed by atoms with Crippen molar-refractivity contribution in [2.75, 3.05) is 30.9 Å². The minimum absolute atomic E-state index is 0.497. The Kier molecular flexibility index (Phi) is 5.25. The molecule has 0 fully saturated rings. The van der Waals surface area contributed by atoms with Crippen LogP contribution in [0, 0.1) is 6.92 Å². The topological polar surface area (TPSA) is 72.0 Å². The lowest BCUT2D eigenvalue weighted by Gasteiger charge is -2.08. The van der Waals surface area contributed by atoms with E-state index in [4.69, 9.17) is 4.74 Å². The second-order valence-electron chi connectivity index (χ2n) is 4.43. The largest absolute Gasteiger partial charge is 0.383 e. The Morgan fingerprint density at radius 3 is 2.95 bits per heavy atom. The summed E-state index contributed by atoms with van der Waals surface area (Å²) in [6.45, 7) is 4.04. The minimum Gasteiger partial charge on any atom is -0.383 e. The standard InChI is InChI=1S/C14H19N5O/c1-11-4-3-5-12(8-11)9-16-13-10-17-19-14(18-13)15-6-7-20-2/h3-5,8,10H,6-7,9H2,1-2H3,(H2,15,16,18,19). The van der Waals surface area contributed by atoms with Gasteiger partial charge in [-0.1, -0.05) is 29.8 Å². The highest BCUT2D eigenvalue weighted by Crippen LogP contribution is 2.08. The molecule has 2 aromatic rings. The van der Waals surface area contributed by atoms with Crippen LogP contribution in [0.3, 0.4) is 0 Å². The third-order valence-corrected chi connectivity index (χ3v) is 2.70. The van der Waals surface area contributed by atoms with Gasteiger partial charge in [0.2, 0.25) is 5.95 Å². The summed E-state index contributed by atoms with van der Waals surface area (Å²) in [5.74, 6) is 1.19. The maximum absolute atomic E-state index is 4.96. The van der Waals surface area contributed by atoms with Gasteiger partial charge in [-0.25, -0.2) is 0 Å². The summed E-state index contributed by atoms with van der Waals surface area (Å²) < 4.78 is 4.96. The number of nitrogens with one attached hydrogen (secondary N) is 2. The van der Waals surface area contributed by atoms with E-state index in [1.165, 1.54) is 11.1 Å². The summed E-state index contributed by atoms with van der Waals surface area (Å²) in [6.07, 6.45) is 1.61. The fourth-order valence-corrected chi connectivity index (χ4v) is 1.74. The second kappa shape index (κ2) is 7.40. The highest BCUT2D eigenvalue weighted by atomic mass is 16.5. The van der Waals surface area contributed by atoms with Crippen LogP contribution >= 0.6 is 0 Å². The Morgan fingerprint density at radius 1 is 1.25 bits per heavy atom. The smallest absolute Gasteiger partial charge is 0.244 e. The predicted molar refractivity (Wildman–Crippen MR) is 78.7 cm³/mol. The summed E-state index contributed by atoms with van der Waals surface area (Å²) in [7, 11) is 1.65. The van der Waals surface area contributed by atoms with Gasteiger partial charge in [0.1, 0.15) is 0 Å². The molecule has 6 nitrogen and oxygen atoms in total. The fraction of sp³-hybridized carbons (Fsp3) is 0.357. The van der Waals surface area contributed by atoms with Crippen LogP contribution in [0.2, 0.25) is 0 Å². The van der Waals surface area contributed by atoms with Gasteiger partial charge in [0.15, 0.2) is 5.82 Å². The average Bonchev–Trinajstić information content (AvgIpc) is 2.46. The molecule has 0 amide bonds. The first-order valence-corrected chi connectivity index (χ1v) is 6.50. The highest BCUT2D eigenvalue weighted by Gasteiger charge is 2.00. The van der Waals surface area contributed by atoms with Gasteiger partial charge in [-0.05, 0) is 12.5 Å². The zero-order valence-electron chi connectivity index (χ0n) is 11.8. The molecule has 0 atom stereocenters. The summed E-state index contributed by atoms with van der Waals surface area (Å²) in [4.78, 5) is 4.33. The van der Waals surface area contributed by atoms with Crippen LogP contribution in [0.25, 0.3) is 0 Å². The minimum atomic E-state index is 0.497. The number of hydrogen-bond donors (Lipinski definition) is 2. The number of aromatic nitrogens is 3. The normalized spacial score (nSPS) is 10.3. The van der Waals surface area contributed by atoms with Crippen LogP contribution in [0.4, 0.5) is 11.8 Å². The van der Waals surface area contributed by atoms with Gasteiger partial charge in [0, 0.05) is 20.2 Å². The SMILES string of the molecule is COCCNc1nncc(NCc2cccc(C)c2)n1. The van der Waals surface area contributed by atoms with E-state index in [0.717, 1.165) is 0 Å². The Morgan fingerprint density at radius 2 is 2.15 bits per heavy atom. The molecule has 0 aliphatic heterocycles. The molecule has 2 rings (SSSR count). The van der Waals surface area contributed by atoms with Crippen molar-refractivity contribution in [2.45, 2.75) is 13.5 Å². The van der Waals surface area contributed by atoms with Crippen LogP contribution < -0.4 is 10.6 Å². The third kappa shape index (κ3) is 4.47. The Balaban J connectivity index is 1.91. The number of aryl methyl sites for hydroxylation is 1. The average molecular weight is 273 g/mol. The fourth-order valence-electron chi connectivity index (χ4n) is 1.74. The zero-order valence-corrected chi connectivity index (χ0v) is 11.8. The van der Waals surface area contributed by atoms with Crippen LogP contribution in [0.5, 0.6) is 0 Å². The molecule has 0 unspecified atom stereocenters. The molecule has 0 saturated carbocycles. The maximum Gasteiger partial charge on any atom is 0.244 e. The van der Waals surface area contributed by atoms with Crippen LogP contribution in [0.1, 0.15) is 11.1 Å². The van der Waals surface area contributed by atoms with E-state index in [1.807, 2.05) is 6.07 Å². The number of anilines is 2. The van der Waals surface area contributed by atoms with Gasteiger partial charge < -0.3 is 15.4 Å². The maximum atomic E-state index is 4.96. The first-order chi connectivity index (χ1) is 9.78. The van der Waals surface area contributed by atoms with Gasteiger partial charge in [0.25, 0.3) is 0 Å². The number of nitrogens with zero attached hydrogens (tertiary/aromatic N) is 3. The quantitative estimate of drug-likeness (QED) is 0.750. The van der Waals surface area contributed by atoms with E-state index in [1.54, 1.807) is 13.3 Å². The third-order valence-electron chi connectivity index (χ3n) is 2.70. The number of hydrogen-bond acceptors (Lipinski definition) is 6. The highest BCUT2D eigenvalue weighted by molar-refractivity contribution is 5.38. The molecule has 20 heavy (non-hydrogen) atoms. The number of ether oxygens (including phenoxy) is 1. The van der Waals surface area contributed by atoms with Crippen molar-refractivity contribution < 1.29 is 4.74 Å². The molecule has 0 radical (unpaired) electrons. The van der Waals surface area contributed by atoms with Crippen molar-refractivity contribution in [2.24, 2.45) is 0 Å². The second-order valence-corrected chi connectivity index (χ2v) is 4.43.